The van der Waals surface area contributed by atoms with Crippen molar-refractivity contribution >= 4 is 5.96 Å². The van der Waals surface area contributed by atoms with Crippen LogP contribution in [0.4, 0.5) is 0 Å². The number of likely N-dealkylation sites (tertiary alicyclic amines) is 1. The van der Waals surface area contributed by atoms with E-state index >= 15 is 0 Å². The first-order valence-electron chi connectivity index (χ1n) is 10.4. The summed E-state index contributed by atoms with van der Waals surface area (Å²) in [6, 6.07) is 0.741. The third-order valence-corrected chi connectivity index (χ3v) is 5.51. The molecule has 26 heavy (non-hydrogen) atoms. The minimum atomic E-state index is 0.589. The van der Waals surface area contributed by atoms with Crippen molar-refractivity contribution in [2.24, 2.45) is 4.99 Å². The van der Waals surface area contributed by atoms with Crippen LogP contribution in [0.5, 0.6) is 0 Å². The van der Waals surface area contributed by atoms with Crippen LogP contribution in [0.1, 0.15) is 64.0 Å². The zero-order valence-corrected chi connectivity index (χ0v) is 16.5. The van der Waals surface area contributed by atoms with Crippen LogP contribution in [-0.4, -0.2) is 57.8 Å². The number of hydrogen-bond acceptors (Lipinski definition) is 4. The van der Waals surface area contributed by atoms with Gasteiger partial charge in [0.15, 0.2) is 11.8 Å². The van der Waals surface area contributed by atoms with E-state index in [0.717, 1.165) is 56.1 Å². The molecule has 1 unspecified atom stereocenters. The van der Waals surface area contributed by atoms with E-state index < -0.39 is 0 Å². The second-order valence-electron chi connectivity index (χ2n) is 7.50. The van der Waals surface area contributed by atoms with Gasteiger partial charge in [0, 0.05) is 38.6 Å². The Hall–Kier alpha value is -1.63. The molecule has 3 heterocycles. The maximum absolute atomic E-state index is 4.72. The number of fused-ring (bicyclic) bond motifs is 1. The predicted molar refractivity (Wildman–Crippen MR) is 105 cm³/mol. The number of hydrogen-bond donors (Lipinski definition) is 2. The summed E-state index contributed by atoms with van der Waals surface area (Å²) in [7, 11) is 0. The van der Waals surface area contributed by atoms with Gasteiger partial charge in [-0.05, 0) is 52.5 Å². The van der Waals surface area contributed by atoms with Crippen molar-refractivity contribution in [3.8, 4) is 0 Å². The second-order valence-corrected chi connectivity index (χ2v) is 7.50. The third kappa shape index (κ3) is 5.19. The van der Waals surface area contributed by atoms with Crippen LogP contribution in [0.15, 0.2) is 4.99 Å². The van der Waals surface area contributed by atoms with E-state index in [4.69, 9.17) is 4.99 Å². The highest BCUT2D eigenvalue weighted by molar-refractivity contribution is 5.79. The first-order valence-corrected chi connectivity index (χ1v) is 10.4. The van der Waals surface area contributed by atoms with Gasteiger partial charge in [-0.2, -0.15) is 0 Å². The Bertz CT molecular complexity index is 580. The summed E-state index contributed by atoms with van der Waals surface area (Å²) in [4.78, 5) is 7.34. The smallest absolute Gasteiger partial charge is 0.191 e. The Morgan fingerprint density at radius 3 is 2.88 bits per heavy atom. The summed E-state index contributed by atoms with van der Waals surface area (Å²) in [6.07, 6.45) is 8.72. The van der Waals surface area contributed by atoms with Gasteiger partial charge in [0.05, 0.1) is 0 Å². The van der Waals surface area contributed by atoms with E-state index in [2.05, 4.69) is 44.1 Å². The van der Waals surface area contributed by atoms with Crippen molar-refractivity contribution < 1.29 is 0 Å². The molecule has 0 saturated carbocycles. The molecule has 7 heteroatoms. The molecule has 0 aromatic carbocycles. The highest BCUT2D eigenvalue weighted by Gasteiger charge is 2.17. The normalized spacial score (nSPS) is 21.5. The topological polar surface area (TPSA) is 70.4 Å². The Labute approximate surface area is 157 Å². The predicted octanol–water partition coefficient (Wildman–Crippen LogP) is 1.93. The van der Waals surface area contributed by atoms with E-state index in [-0.39, 0.29) is 0 Å². The monoisotopic (exact) mass is 361 g/mol. The van der Waals surface area contributed by atoms with Crippen LogP contribution < -0.4 is 10.6 Å². The first kappa shape index (κ1) is 19.1. The molecule has 0 amide bonds. The van der Waals surface area contributed by atoms with Crippen molar-refractivity contribution in [2.75, 3.05) is 26.2 Å². The van der Waals surface area contributed by atoms with E-state index in [9.17, 15) is 0 Å². The SMILES string of the molecule is CCNC(=NCc1nnc2n1CCCC2)NCCCN1CCCCC1C. The highest BCUT2D eigenvalue weighted by Crippen LogP contribution is 2.16. The summed E-state index contributed by atoms with van der Waals surface area (Å²) in [5.74, 6) is 2.99. The third-order valence-electron chi connectivity index (χ3n) is 5.51. The Balaban J connectivity index is 1.45. The van der Waals surface area contributed by atoms with Crippen LogP contribution in [-0.2, 0) is 19.5 Å². The molecule has 0 aliphatic carbocycles. The molecule has 7 nitrogen and oxygen atoms in total. The van der Waals surface area contributed by atoms with Gasteiger partial charge in [-0.1, -0.05) is 6.42 Å². The molecule has 0 radical (unpaired) electrons. The largest absolute Gasteiger partial charge is 0.357 e. The molecule has 2 aliphatic rings. The molecule has 1 fully saturated rings. The van der Waals surface area contributed by atoms with Crippen molar-refractivity contribution in [2.45, 2.75) is 77.9 Å². The van der Waals surface area contributed by atoms with Crippen LogP contribution >= 0.6 is 0 Å². The van der Waals surface area contributed by atoms with E-state index in [1.807, 2.05) is 0 Å². The molecule has 0 bridgehead atoms. The molecule has 1 saturated heterocycles. The van der Waals surface area contributed by atoms with Gasteiger partial charge < -0.3 is 20.1 Å². The van der Waals surface area contributed by atoms with Crippen LogP contribution in [0, 0.1) is 0 Å². The quantitative estimate of drug-likeness (QED) is 0.441. The maximum atomic E-state index is 4.72. The molecule has 2 N–H and O–H groups in total. The molecular formula is C19H35N7. The highest BCUT2D eigenvalue weighted by atomic mass is 15.3. The fourth-order valence-electron chi connectivity index (χ4n) is 3.96. The molecule has 3 rings (SSSR count). The Morgan fingerprint density at radius 2 is 2.04 bits per heavy atom. The molecule has 0 spiro atoms. The average molecular weight is 362 g/mol. The molecule has 1 aromatic heterocycles. The number of aryl methyl sites for hydroxylation is 1. The van der Waals surface area contributed by atoms with Crippen molar-refractivity contribution in [3.63, 3.8) is 0 Å². The zero-order valence-electron chi connectivity index (χ0n) is 16.5. The van der Waals surface area contributed by atoms with Crippen LogP contribution in [0.2, 0.25) is 0 Å². The number of piperidine rings is 1. The molecule has 1 aromatic rings. The fraction of sp³-hybridized carbons (Fsp3) is 0.842. The van der Waals surface area contributed by atoms with Gasteiger partial charge in [0.2, 0.25) is 0 Å². The van der Waals surface area contributed by atoms with Crippen LogP contribution in [0.3, 0.4) is 0 Å². The fourth-order valence-corrected chi connectivity index (χ4v) is 3.96. The minimum Gasteiger partial charge on any atom is -0.357 e. The number of nitrogens with zero attached hydrogens (tertiary/aromatic N) is 5. The van der Waals surface area contributed by atoms with E-state index in [1.54, 1.807) is 0 Å². The van der Waals surface area contributed by atoms with E-state index in [1.165, 1.54) is 45.2 Å². The standard InChI is InChI=1S/C19H35N7/c1-3-20-19(21-11-8-13-25-12-6-4-9-16(25)2)22-15-18-24-23-17-10-5-7-14-26(17)18/h16H,3-15H2,1-2H3,(H2,20,21,22). The molecule has 2 aliphatic heterocycles. The lowest BCUT2D eigenvalue weighted by atomic mass is 10.0. The summed E-state index contributed by atoms with van der Waals surface area (Å²) >= 11 is 0. The van der Waals surface area contributed by atoms with Gasteiger partial charge in [-0.15, -0.1) is 10.2 Å². The number of guanidine groups is 1. The van der Waals surface area contributed by atoms with Crippen molar-refractivity contribution in [3.05, 3.63) is 11.6 Å². The second kappa shape index (κ2) is 9.90. The number of aromatic nitrogens is 3. The Kier molecular flexibility index (Phi) is 7.29. The zero-order chi connectivity index (χ0) is 18.2. The molecular weight excluding hydrogens is 326 g/mol. The molecule has 146 valence electrons. The van der Waals surface area contributed by atoms with Gasteiger partial charge in [-0.25, -0.2) is 4.99 Å². The number of rotatable bonds is 7. The molecule has 1 atom stereocenters. The lowest BCUT2D eigenvalue weighted by molar-refractivity contribution is 0.159. The Morgan fingerprint density at radius 1 is 1.15 bits per heavy atom. The van der Waals surface area contributed by atoms with Gasteiger partial charge in [0.25, 0.3) is 0 Å². The van der Waals surface area contributed by atoms with Gasteiger partial charge >= 0.3 is 0 Å². The van der Waals surface area contributed by atoms with E-state index in [0.29, 0.717) is 6.54 Å². The van der Waals surface area contributed by atoms with Crippen molar-refractivity contribution in [1.82, 2.24) is 30.3 Å². The van der Waals surface area contributed by atoms with Crippen LogP contribution in [0.25, 0.3) is 0 Å². The lowest BCUT2D eigenvalue weighted by Crippen LogP contribution is -2.41. The van der Waals surface area contributed by atoms with Gasteiger partial charge in [0.1, 0.15) is 12.4 Å². The average Bonchev–Trinajstić information content (AvgIpc) is 3.07. The minimum absolute atomic E-state index is 0.589. The first-order chi connectivity index (χ1) is 12.8. The van der Waals surface area contributed by atoms with Crippen molar-refractivity contribution in [1.29, 1.82) is 0 Å². The number of aliphatic imine (C=N–C) groups is 1. The summed E-state index contributed by atoms with van der Waals surface area (Å²) in [5, 5.41) is 15.5. The summed E-state index contributed by atoms with van der Waals surface area (Å²) in [5.41, 5.74) is 0. The summed E-state index contributed by atoms with van der Waals surface area (Å²) in [6.45, 7) is 10.3. The van der Waals surface area contributed by atoms with Gasteiger partial charge in [-0.3, -0.25) is 0 Å². The lowest BCUT2D eigenvalue weighted by Gasteiger charge is -2.33. The maximum Gasteiger partial charge on any atom is 0.191 e. The summed E-state index contributed by atoms with van der Waals surface area (Å²) < 4.78 is 2.24. The number of nitrogens with one attached hydrogen (secondary N) is 2.